The molecule has 154 valence electrons. The summed E-state index contributed by atoms with van der Waals surface area (Å²) in [5.41, 5.74) is 2.74. The highest BCUT2D eigenvalue weighted by Gasteiger charge is 2.53. The van der Waals surface area contributed by atoms with Gasteiger partial charge in [0.2, 0.25) is 11.8 Å². The molecule has 2 aromatic carbocycles. The first-order chi connectivity index (χ1) is 14.5. The summed E-state index contributed by atoms with van der Waals surface area (Å²) < 4.78 is 0. The lowest BCUT2D eigenvalue weighted by Crippen LogP contribution is -2.64. The van der Waals surface area contributed by atoms with Crippen LogP contribution in [0.4, 0.5) is 5.69 Å². The van der Waals surface area contributed by atoms with Gasteiger partial charge in [0, 0.05) is 6.42 Å². The van der Waals surface area contributed by atoms with Crippen molar-refractivity contribution in [3.63, 3.8) is 0 Å². The van der Waals surface area contributed by atoms with Gasteiger partial charge < -0.3 is 10.2 Å². The van der Waals surface area contributed by atoms with Gasteiger partial charge in [-0.3, -0.25) is 19.3 Å². The molecule has 5 rings (SSSR count). The molecule has 2 heterocycles. The van der Waals surface area contributed by atoms with Crippen LogP contribution in [0.25, 0.3) is 0 Å². The SMILES string of the molecule is C[C@@]12CCC(=O)N1c1ccccc1C(=O)N2CC(=O)N[C@H]1CCCc2ccccc21. The van der Waals surface area contributed by atoms with Crippen LogP contribution in [0.1, 0.15) is 60.1 Å². The number of rotatable bonds is 3. The number of hydrogen-bond acceptors (Lipinski definition) is 3. The van der Waals surface area contributed by atoms with Crippen LogP contribution >= 0.6 is 0 Å². The smallest absolute Gasteiger partial charge is 0.258 e. The molecule has 6 heteroatoms. The van der Waals surface area contributed by atoms with Crippen LogP contribution in [0.15, 0.2) is 48.5 Å². The number of fused-ring (bicyclic) bond motifs is 4. The lowest BCUT2D eigenvalue weighted by Gasteiger charge is -2.48. The van der Waals surface area contributed by atoms with E-state index in [1.165, 1.54) is 5.56 Å². The summed E-state index contributed by atoms with van der Waals surface area (Å²) in [5, 5.41) is 3.14. The second-order valence-electron chi connectivity index (χ2n) is 8.57. The van der Waals surface area contributed by atoms with Gasteiger partial charge in [0.05, 0.1) is 17.3 Å². The zero-order chi connectivity index (χ0) is 20.9. The summed E-state index contributed by atoms with van der Waals surface area (Å²) in [4.78, 5) is 42.3. The predicted octanol–water partition coefficient (Wildman–Crippen LogP) is 3.18. The maximum Gasteiger partial charge on any atom is 0.258 e. The lowest BCUT2D eigenvalue weighted by molar-refractivity contribution is -0.124. The average Bonchev–Trinajstić information content (AvgIpc) is 3.07. The molecule has 0 unspecified atom stereocenters. The second kappa shape index (κ2) is 6.97. The van der Waals surface area contributed by atoms with E-state index in [0.717, 1.165) is 24.8 Å². The molecule has 2 atom stereocenters. The Kier molecular flexibility index (Phi) is 4.38. The molecule has 0 spiro atoms. The number of carbonyl (C=O) groups is 3. The average molecular weight is 403 g/mol. The fraction of sp³-hybridized carbons (Fsp3) is 0.375. The van der Waals surface area contributed by atoms with E-state index in [4.69, 9.17) is 0 Å². The number of para-hydroxylation sites is 1. The molecule has 1 aliphatic carbocycles. The molecule has 2 aromatic rings. The fourth-order valence-corrected chi connectivity index (χ4v) is 5.23. The third-order valence-electron chi connectivity index (χ3n) is 6.75. The van der Waals surface area contributed by atoms with Crippen LogP contribution in [0.5, 0.6) is 0 Å². The van der Waals surface area contributed by atoms with E-state index in [9.17, 15) is 14.4 Å². The van der Waals surface area contributed by atoms with E-state index < -0.39 is 5.66 Å². The molecule has 0 bridgehead atoms. The van der Waals surface area contributed by atoms with Crippen LogP contribution in [0, 0.1) is 0 Å². The Morgan fingerprint density at radius 1 is 1.10 bits per heavy atom. The van der Waals surface area contributed by atoms with Crippen LogP contribution < -0.4 is 10.2 Å². The maximum atomic E-state index is 13.3. The normalized spacial score (nSPS) is 24.9. The highest BCUT2D eigenvalue weighted by molar-refractivity contribution is 6.11. The van der Waals surface area contributed by atoms with Crippen LogP contribution in [-0.4, -0.2) is 34.8 Å². The van der Waals surface area contributed by atoms with Gasteiger partial charge in [-0.05, 0) is 55.9 Å². The monoisotopic (exact) mass is 403 g/mol. The van der Waals surface area contributed by atoms with E-state index in [2.05, 4.69) is 17.4 Å². The summed E-state index contributed by atoms with van der Waals surface area (Å²) in [6.45, 7) is 1.82. The molecule has 30 heavy (non-hydrogen) atoms. The molecule has 3 amide bonds. The molecule has 1 saturated heterocycles. The Balaban J connectivity index is 1.41. The number of anilines is 1. The molecule has 0 aromatic heterocycles. The molecule has 0 radical (unpaired) electrons. The number of hydrogen-bond donors (Lipinski definition) is 1. The predicted molar refractivity (Wildman–Crippen MR) is 113 cm³/mol. The minimum absolute atomic E-state index is 0.0101. The number of aryl methyl sites for hydroxylation is 1. The van der Waals surface area contributed by atoms with Crippen molar-refractivity contribution in [1.82, 2.24) is 10.2 Å². The standard InChI is InChI=1S/C24H25N3O3/c1-24-14-13-22(29)27(24)20-12-5-4-10-18(20)23(30)26(24)15-21(28)25-19-11-6-8-16-7-2-3-9-17(16)19/h2-5,7,9-10,12,19H,6,8,11,13-15H2,1H3,(H,25,28)/t19-,24-/m0/s1. The largest absolute Gasteiger partial charge is 0.348 e. The number of carbonyl (C=O) groups excluding carboxylic acids is 3. The molecular weight excluding hydrogens is 378 g/mol. The highest BCUT2D eigenvalue weighted by Crippen LogP contribution is 2.43. The number of amides is 3. The van der Waals surface area contributed by atoms with Crippen molar-refractivity contribution in [3.8, 4) is 0 Å². The van der Waals surface area contributed by atoms with Crippen molar-refractivity contribution < 1.29 is 14.4 Å². The van der Waals surface area contributed by atoms with E-state index >= 15 is 0 Å². The first-order valence-electron chi connectivity index (χ1n) is 10.6. The quantitative estimate of drug-likeness (QED) is 0.856. The van der Waals surface area contributed by atoms with Gasteiger partial charge >= 0.3 is 0 Å². The number of nitrogens with zero attached hydrogens (tertiary/aromatic N) is 2. The Morgan fingerprint density at radius 3 is 2.73 bits per heavy atom. The fourth-order valence-electron chi connectivity index (χ4n) is 5.23. The summed E-state index contributed by atoms with van der Waals surface area (Å²) in [6, 6.07) is 15.3. The minimum Gasteiger partial charge on any atom is -0.348 e. The molecule has 6 nitrogen and oxygen atoms in total. The van der Waals surface area contributed by atoms with Crippen molar-refractivity contribution >= 4 is 23.4 Å². The number of nitrogens with one attached hydrogen (secondary N) is 1. The third kappa shape index (κ3) is 2.82. The Bertz CT molecular complexity index is 1050. The van der Waals surface area contributed by atoms with Gasteiger partial charge in [-0.2, -0.15) is 0 Å². The maximum absolute atomic E-state index is 13.3. The highest BCUT2D eigenvalue weighted by atomic mass is 16.2. The van der Waals surface area contributed by atoms with E-state index in [-0.39, 0.29) is 30.3 Å². The third-order valence-corrected chi connectivity index (χ3v) is 6.75. The summed E-state index contributed by atoms with van der Waals surface area (Å²) in [5.74, 6) is -0.396. The van der Waals surface area contributed by atoms with Gasteiger partial charge in [-0.15, -0.1) is 0 Å². The zero-order valence-corrected chi connectivity index (χ0v) is 17.1. The topological polar surface area (TPSA) is 69.7 Å². The van der Waals surface area contributed by atoms with Crippen LogP contribution in [-0.2, 0) is 16.0 Å². The van der Waals surface area contributed by atoms with Gasteiger partial charge in [0.1, 0.15) is 12.2 Å². The van der Waals surface area contributed by atoms with Crippen molar-refractivity contribution in [2.24, 2.45) is 0 Å². The summed E-state index contributed by atoms with van der Waals surface area (Å²) in [6.07, 6.45) is 3.83. The zero-order valence-electron chi connectivity index (χ0n) is 17.1. The van der Waals surface area contributed by atoms with Gasteiger partial charge in [-0.1, -0.05) is 36.4 Å². The Hall–Kier alpha value is -3.15. The first kappa shape index (κ1) is 18.9. The van der Waals surface area contributed by atoms with E-state index in [0.29, 0.717) is 24.1 Å². The molecule has 1 fully saturated rings. The molecular formula is C24H25N3O3. The summed E-state index contributed by atoms with van der Waals surface area (Å²) >= 11 is 0. The summed E-state index contributed by atoms with van der Waals surface area (Å²) in [7, 11) is 0. The van der Waals surface area contributed by atoms with Crippen molar-refractivity contribution in [1.29, 1.82) is 0 Å². The van der Waals surface area contributed by atoms with Gasteiger partial charge in [-0.25, -0.2) is 0 Å². The molecule has 2 aliphatic heterocycles. The number of benzene rings is 2. The Morgan fingerprint density at radius 2 is 1.87 bits per heavy atom. The molecule has 3 aliphatic rings. The molecule has 0 saturated carbocycles. The van der Waals surface area contributed by atoms with Crippen LogP contribution in [0.2, 0.25) is 0 Å². The van der Waals surface area contributed by atoms with E-state index in [1.54, 1.807) is 21.9 Å². The van der Waals surface area contributed by atoms with Crippen molar-refractivity contribution in [2.75, 3.05) is 11.4 Å². The van der Waals surface area contributed by atoms with Gasteiger partial charge in [0.15, 0.2) is 0 Å². The molecule has 1 N–H and O–H groups in total. The Labute approximate surface area is 175 Å². The van der Waals surface area contributed by atoms with Crippen molar-refractivity contribution in [2.45, 2.75) is 50.7 Å². The second-order valence-corrected chi connectivity index (χ2v) is 8.57. The first-order valence-corrected chi connectivity index (χ1v) is 10.6. The lowest BCUT2D eigenvalue weighted by atomic mass is 9.87. The van der Waals surface area contributed by atoms with Gasteiger partial charge in [0.25, 0.3) is 5.91 Å². The van der Waals surface area contributed by atoms with E-state index in [1.807, 2.05) is 31.2 Å². The van der Waals surface area contributed by atoms with Crippen LogP contribution in [0.3, 0.4) is 0 Å². The van der Waals surface area contributed by atoms with Crippen molar-refractivity contribution in [3.05, 3.63) is 65.2 Å². The minimum atomic E-state index is -0.815.